The predicted octanol–water partition coefficient (Wildman–Crippen LogP) is 2.93. The van der Waals surface area contributed by atoms with Crippen molar-refractivity contribution in [3.05, 3.63) is 33.8 Å². The van der Waals surface area contributed by atoms with E-state index < -0.39 is 0 Å². The molecule has 0 aromatic rings. The van der Waals surface area contributed by atoms with E-state index in [0.717, 1.165) is 0 Å². The number of hydrogen-bond donors (Lipinski definition) is 0. The molecule has 0 saturated heterocycles. The molecule has 0 aromatic carbocycles. The number of carbonyl (C=O) groups is 1. The molecule has 0 fully saturated rings. The summed E-state index contributed by atoms with van der Waals surface area (Å²) in [6.07, 6.45) is 2.25. The van der Waals surface area contributed by atoms with Gasteiger partial charge in [0.2, 0.25) is 0 Å². The molecule has 0 saturated carbocycles. The molecule has 0 aliphatic rings. The van der Waals surface area contributed by atoms with E-state index in [4.69, 9.17) is 0 Å². The minimum absolute atomic E-state index is 0.481. The van der Waals surface area contributed by atoms with Crippen molar-refractivity contribution < 1.29 is 4.79 Å². The maximum atomic E-state index is 10.3. The summed E-state index contributed by atoms with van der Waals surface area (Å²) in [5.74, 6) is 0. The molecule has 54 valence electrons. The second kappa shape index (κ2) is 4.63. The molecular formula is C7H6Br2O. The number of halogens is 2. The van der Waals surface area contributed by atoms with Crippen LogP contribution in [0.15, 0.2) is 33.8 Å². The highest BCUT2D eigenvalue weighted by Crippen LogP contribution is 2.21. The topological polar surface area (TPSA) is 17.1 Å². The van der Waals surface area contributed by atoms with Gasteiger partial charge < -0.3 is 0 Å². The van der Waals surface area contributed by atoms with Crippen molar-refractivity contribution in [2.45, 2.75) is 0 Å². The minimum Gasteiger partial charge on any atom is -0.298 e. The van der Waals surface area contributed by atoms with E-state index in [0.29, 0.717) is 20.8 Å². The highest BCUT2D eigenvalue weighted by molar-refractivity contribution is 9.12. The van der Waals surface area contributed by atoms with Crippen LogP contribution in [-0.2, 0) is 4.79 Å². The van der Waals surface area contributed by atoms with Crippen LogP contribution in [0.4, 0.5) is 0 Å². The molecule has 0 N–H and O–H groups in total. The molecule has 0 atom stereocenters. The summed E-state index contributed by atoms with van der Waals surface area (Å²) >= 11 is 6.22. The third kappa shape index (κ3) is 2.62. The first-order chi connectivity index (χ1) is 4.63. The summed E-state index contributed by atoms with van der Waals surface area (Å²) in [6, 6.07) is 0. The van der Waals surface area contributed by atoms with E-state index in [1.54, 1.807) is 0 Å². The molecule has 10 heavy (non-hydrogen) atoms. The van der Waals surface area contributed by atoms with Gasteiger partial charge in [0.15, 0.2) is 6.29 Å². The molecule has 0 spiro atoms. The molecule has 1 nitrogen and oxygen atoms in total. The van der Waals surface area contributed by atoms with Crippen LogP contribution in [0.5, 0.6) is 0 Å². The van der Waals surface area contributed by atoms with E-state index in [2.05, 4.69) is 45.0 Å². The molecule has 0 rings (SSSR count). The highest BCUT2D eigenvalue weighted by atomic mass is 79.9. The van der Waals surface area contributed by atoms with Crippen molar-refractivity contribution in [1.82, 2.24) is 0 Å². The normalized spacial score (nSPS) is 11.8. The number of carbonyl (C=O) groups excluding carboxylic acids is 1. The molecule has 0 heterocycles. The van der Waals surface area contributed by atoms with Crippen LogP contribution in [0, 0.1) is 0 Å². The molecule has 0 amide bonds. The molecule has 0 radical (unpaired) electrons. The lowest BCUT2D eigenvalue weighted by atomic mass is 10.3. The average molecular weight is 266 g/mol. The monoisotopic (exact) mass is 264 g/mol. The van der Waals surface area contributed by atoms with E-state index in [1.807, 2.05) is 0 Å². The molecule has 0 aromatic heterocycles. The standard InChI is InChI=1S/C7H6Br2O/c1-3-7(9)6(4-10)5(2)8/h3-4H,1-2H2/b7-6+. The predicted molar refractivity (Wildman–Crippen MR) is 50.3 cm³/mol. The first kappa shape index (κ1) is 9.85. The Morgan fingerprint density at radius 1 is 1.40 bits per heavy atom. The molecule has 0 unspecified atom stereocenters. The van der Waals surface area contributed by atoms with Crippen molar-refractivity contribution >= 4 is 38.1 Å². The van der Waals surface area contributed by atoms with Gasteiger partial charge in [0.05, 0.1) is 0 Å². The largest absolute Gasteiger partial charge is 0.298 e. The summed E-state index contributed by atoms with van der Waals surface area (Å²) in [5.41, 5.74) is 0.481. The van der Waals surface area contributed by atoms with Crippen molar-refractivity contribution in [1.29, 1.82) is 0 Å². The summed E-state index contributed by atoms with van der Waals surface area (Å²) < 4.78 is 1.19. The van der Waals surface area contributed by atoms with Gasteiger partial charge >= 0.3 is 0 Å². The van der Waals surface area contributed by atoms with Crippen molar-refractivity contribution in [2.75, 3.05) is 0 Å². The summed E-state index contributed by atoms with van der Waals surface area (Å²) in [6.45, 7) is 7.03. The van der Waals surface area contributed by atoms with Crippen LogP contribution in [0.2, 0.25) is 0 Å². The molecule has 0 bridgehead atoms. The smallest absolute Gasteiger partial charge is 0.152 e. The van der Waals surface area contributed by atoms with Gasteiger partial charge in [0.1, 0.15) is 0 Å². The summed E-state index contributed by atoms with van der Waals surface area (Å²) in [4.78, 5) is 10.3. The maximum Gasteiger partial charge on any atom is 0.152 e. The summed E-state index contributed by atoms with van der Waals surface area (Å²) in [7, 11) is 0. The lowest BCUT2D eigenvalue weighted by Gasteiger charge is -1.95. The van der Waals surface area contributed by atoms with Crippen LogP contribution in [-0.4, -0.2) is 6.29 Å². The first-order valence-electron chi connectivity index (χ1n) is 2.45. The molecule has 0 aliphatic carbocycles. The second-order valence-corrected chi connectivity index (χ2v) is 3.30. The maximum absolute atomic E-state index is 10.3. The fourth-order valence-corrected chi connectivity index (χ4v) is 1.27. The van der Waals surface area contributed by atoms with E-state index in [9.17, 15) is 4.79 Å². The van der Waals surface area contributed by atoms with Gasteiger partial charge in [-0.15, -0.1) is 0 Å². The lowest BCUT2D eigenvalue weighted by molar-refractivity contribution is -0.104. The third-order valence-corrected chi connectivity index (χ3v) is 2.02. The summed E-state index contributed by atoms with van der Waals surface area (Å²) in [5, 5.41) is 0. The van der Waals surface area contributed by atoms with E-state index >= 15 is 0 Å². The van der Waals surface area contributed by atoms with Crippen LogP contribution in [0.1, 0.15) is 0 Å². The van der Waals surface area contributed by atoms with E-state index in [-0.39, 0.29) is 0 Å². The minimum atomic E-state index is 0.481. The van der Waals surface area contributed by atoms with Gasteiger partial charge in [0.25, 0.3) is 0 Å². The molecule has 3 heteroatoms. The Morgan fingerprint density at radius 3 is 2.00 bits per heavy atom. The van der Waals surface area contributed by atoms with Gasteiger partial charge in [-0.05, 0) is 0 Å². The van der Waals surface area contributed by atoms with Gasteiger partial charge in [-0.2, -0.15) is 0 Å². The SMILES string of the molecule is C=C/C(Br)=C(/C=O)C(=C)Br. The van der Waals surface area contributed by atoms with Crippen molar-refractivity contribution in [2.24, 2.45) is 0 Å². The van der Waals surface area contributed by atoms with Crippen LogP contribution in [0.3, 0.4) is 0 Å². The first-order valence-corrected chi connectivity index (χ1v) is 4.04. The second-order valence-electron chi connectivity index (χ2n) is 1.49. The van der Waals surface area contributed by atoms with Crippen molar-refractivity contribution in [3.63, 3.8) is 0 Å². The van der Waals surface area contributed by atoms with E-state index in [1.165, 1.54) is 6.08 Å². The number of rotatable bonds is 3. The lowest BCUT2D eigenvalue weighted by Crippen LogP contribution is -1.84. The third-order valence-electron chi connectivity index (χ3n) is 0.847. The zero-order valence-corrected chi connectivity index (χ0v) is 8.41. The van der Waals surface area contributed by atoms with Gasteiger partial charge in [-0.25, -0.2) is 0 Å². The van der Waals surface area contributed by atoms with Gasteiger partial charge in [-0.3, -0.25) is 4.79 Å². The highest BCUT2D eigenvalue weighted by Gasteiger charge is 2.00. The van der Waals surface area contributed by atoms with Crippen LogP contribution >= 0.6 is 31.9 Å². The van der Waals surface area contributed by atoms with Gasteiger partial charge in [-0.1, -0.05) is 51.1 Å². The Balaban J connectivity index is 4.79. The average Bonchev–Trinajstić information content (AvgIpc) is 1.88. The molecular weight excluding hydrogens is 260 g/mol. The fraction of sp³-hybridized carbons (Fsp3) is 0. The van der Waals surface area contributed by atoms with Crippen LogP contribution in [0.25, 0.3) is 0 Å². The Kier molecular flexibility index (Phi) is 4.56. The quantitative estimate of drug-likeness (QED) is 0.436. The number of aldehydes is 1. The zero-order valence-electron chi connectivity index (χ0n) is 5.23. The number of hydrogen-bond acceptors (Lipinski definition) is 1. The Hall–Kier alpha value is -0.150. The zero-order chi connectivity index (χ0) is 8.15. The Bertz CT molecular complexity index is 204. The van der Waals surface area contributed by atoms with Crippen LogP contribution < -0.4 is 0 Å². The fourth-order valence-electron chi connectivity index (χ4n) is 0.360. The van der Waals surface area contributed by atoms with Gasteiger partial charge in [0, 0.05) is 14.5 Å². The Labute approximate surface area is 76.8 Å². The van der Waals surface area contributed by atoms with Crippen molar-refractivity contribution in [3.8, 4) is 0 Å². The molecule has 0 aliphatic heterocycles. The number of allylic oxidation sites excluding steroid dienone is 4. The Morgan fingerprint density at radius 2 is 1.90 bits per heavy atom.